The zero-order valence-corrected chi connectivity index (χ0v) is 9.89. The summed E-state index contributed by atoms with van der Waals surface area (Å²) in [5.74, 6) is 0.182. The van der Waals surface area contributed by atoms with E-state index in [-0.39, 0.29) is 5.96 Å². The summed E-state index contributed by atoms with van der Waals surface area (Å²) in [6.45, 7) is 5.31. The average molecular weight is 233 g/mol. The van der Waals surface area contributed by atoms with Crippen LogP contribution in [0, 0.1) is 0 Å². The van der Waals surface area contributed by atoms with Crippen LogP contribution in [0.25, 0.3) is 0 Å². The van der Waals surface area contributed by atoms with Crippen molar-refractivity contribution in [3.05, 3.63) is 0 Å². The van der Waals surface area contributed by atoms with Crippen molar-refractivity contribution in [2.24, 2.45) is 10.7 Å². The van der Waals surface area contributed by atoms with E-state index in [1.54, 1.807) is 0 Å². The van der Waals surface area contributed by atoms with Crippen LogP contribution in [0.4, 0.5) is 0 Å². The molecule has 0 atom stereocenters. The minimum atomic E-state index is 0.182. The zero-order chi connectivity index (χ0) is 11.0. The number of hydrogen-bond donors (Lipinski definition) is 4. The number of nitrogens with two attached hydrogens (primary N) is 1. The number of aliphatic imine (C=N–C) groups is 1. The molecule has 0 aromatic heterocycles. The van der Waals surface area contributed by atoms with Crippen LogP contribution in [0.2, 0.25) is 0 Å². The van der Waals surface area contributed by atoms with Crippen LogP contribution in [0.5, 0.6) is 0 Å². The Morgan fingerprint density at radius 2 is 1.79 bits per heavy atom. The maximum absolute atomic E-state index is 5.52. The fourth-order valence-electron chi connectivity index (χ4n) is 0.649. The highest BCUT2D eigenvalue weighted by molar-refractivity contribution is 7.80. The minimum absolute atomic E-state index is 0.182. The highest BCUT2D eigenvalue weighted by atomic mass is 32.1. The fraction of sp³-hybridized carbons (Fsp3) is 0.571. The number of nitrogens with one attached hydrogen (secondary N) is 3. The van der Waals surface area contributed by atoms with E-state index in [2.05, 4.69) is 20.9 Å². The third kappa shape index (κ3) is 6.55. The molecule has 80 valence electrons. The zero-order valence-electron chi connectivity index (χ0n) is 8.26. The third-order valence-corrected chi connectivity index (χ3v) is 1.61. The lowest BCUT2D eigenvalue weighted by atomic mass is 10.7. The van der Waals surface area contributed by atoms with Crippen LogP contribution in [0.15, 0.2) is 4.99 Å². The Morgan fingerprint density at radius 3 is 2.29 bits per heavy atom. The second kappa shape index (κ2) is 7.45. The standard InChI is InChI=1S/C7H15N5S2/c1-3-9-6(13)11-5(8)12-7(14)10-4-2/h3-4H2,1-2H3,(H5,8,9,10,11,12,13,14). The monoisotopic (exact) mass is 233 g/mol. The Labute approximate surface area is 94.5 Å². The van der Waals surface area contributed by atoms with Gasteiger partial charge in [-0.05, 0) is 38.3 Å². The van der Waals surface area contributed by atoms with Gasteiger partial charge in [0, 0.05) is 13.1 Å². The molecule has 0 rings (SSSR count). The Kier molecular flexibility index (Phi) is 6.95. The molecular weight excluding hydrogens is 218 g/mol. The van der Waals surface area contributed by atoms with Gasteiger partial charge in [-0.2, -0.15) is 4.99 Å². The minimum Gasteiger partial charge on any atom is -0.369 e. The van der Waals surface area contributed by atoms with Crippen molar-refractivity contribution in [1.82, 2.24) is 16.0 Å². The van der Waals surface area contributed by atoms with E-state index in [1.807, 2.05) is 13.8 Å². The second-order valence-electron chi connectivity index (χ2n) is 2.32. The van der Waals surface area contributed by atoms with Crippen LogP contribution in [-0.2, 0) is 0 Å². The van der Waals surface area contributed by atoms with E-state index in [0.717, 1.165) is 6.54 Å². The largest absolute Gasteiger partial charge is 0.369 e. The molecule has 0 aliphatic rings. The van der Waals surface area contributed by atoms with Gasteiger partial charge in [-0.15, -0.1) is 0 Å². The van der Waals surface area contributed by atoms with Crippen LogP contribution in [0.3, 0.4) is 0 Å². The Hall–Kier alpha value is -0.950. The van der Waals surface area contributed by atoms with Gasteiger partial charge in [0.15, 0.2) is 10.2 Å². The summed E-state index contributed by atoms with van der Waals surface area (Å²) >= 11 is 9.76. The first kappa shape index (κ1) is 13.1. The molecule has 0 amide bonds. The van der Waals surface area contributed by atoms with Crippen LogP contribution >= 0.6 is 24.4 Å². The summed E-state index contributed by atoms with van der Waals surface area (Å²) in [5.41, 5.74) is 5.52. The van der Waals surface area contributed by atoms with Crippen molar-refractivity contribution in [2.75, 3.05) is 13.1 Å². The normalized spacial score (nSPS) is 10.6. The first-order valence-electron chi connectivity index (χ1n) is 4.27. The molecule has 0 aliphatic heterocycles. The molecule has 0 bridgehead atoms. The van der Waals surface area contributed by atoms with Crippen molar-refractivity contribution < 1.29 is 0 Å². The van der Waals surface area contributed by atoms with Gasteiger partial charge in [0.05, 0.1) is 0 Å². The van der Waals surface area contributed by atoms with Crippen LogP contribution in [-0.4, -0.2) is 29.3 Å². The van der Waals surface area contributed by atoms with E-state index in [1.165, 1.54) is 0 Å². The second-order valence-corrected chi connectivity index (χ2v) is 3.11. The molecule has 0 heterocycles. The van der Waals surface area contributed by atoms with E-state index < -0.39 is 0 Å². The molecule has 0 radical (unpaired) electrons. The van der Waals surface area contributed by atoms with Gasteiger partial charge in [0.1, 0.15) is 0 Å². The molecule has 0 saturated carbocycles. The van der Waals surface area contributed by atoms with E-state index >= 15 is 0 Å². The first-order valence-corrected chi connectivity index (χ1v) is 5.08. The molecule has 5 nitrogen and oxygen atoms in total. The summed E-state index contributed by atoms with van der Waals surface area (Å²) in [4.78, 5) is 3.87. The summed E-state index contributed by atoms with van der Waals surface area (Å²) < 4.78 is 0. The maximum atomic E-state index is 5.52. The molecule has 0 unspecified atom stereocenters. The van der Waals surface area contributed by atoms with Crippen molar-refractivity contribution in [2.45, 2.75) is 13.8 Å². The maximum Gasteiger partial charge on any atom is 0.202 e. The predicted octanol–water partition coefficient (Wildman–Crippen LogP) is -0.320. The SMILES string of the molecule is CCNC(=S)/N=C(\N)NC(=S)NCC. The van der Waals surface area contributed by atoms with Crippen LogP contribution < -0.4 is 21.7 Å². The number of guanidine groups is 1. The van der Waals surface area contributed by atoms with Gasteiger partial charge in [-0.25, -0.2) is 0 Å². The Bertz CT molecular complexity index is 238. The first-order chi connectivity index (χ1) is 6.60. The molecule has 0 aromatic carbocycles. The molecular formula is C7H15N5S2. The van der Waals surface area contributed by atoms with Gasteiger partial charge < -0.3 is 21.7 Å². The molecule has 0 spiro atoms. The van der Waals surface area contributed by atoms with Gasteiger partial charge in [0.25, 0.3) is 0 Å². The summed E-state index contributed by atoms with van der Waals surface area (Å²) in [5, 5.41) is 9.19. The highest BCUT2D eigenvalue weighted by Crippen LogP contribution is 1.75. The lowest BCUT2D eigenvalue weighted by Crippen LogP contribution is -2.43. The average Bonchev–Trinajstić information content (AvgIpc) is 2.03. The van der Waals surface area contributed by atoms with E-state index in [4.69, 9.17) is 30.2 Å². The summed E-state index contributed by atoms with van der Waals surface area (Å²) in [7, 11) is 0. The molecule has 0 aliphatic carbocycles. The summed E-state index contributed by atoms with van der Waals surface area (Å²) in [6, 6.07) is 0. The predicted molar refractivity (Wildman–Crippen MR) is 67.3 cm³/mol. The molecule has 14 heavy (non-hydrogen) atoms. The summed E-state index contributed by atoms with van der Waals surface area (Å²) in [6.07, 6.45) is 0. The van der Waals surface area contributed by atoms with Crippen molar-refractivity contribution in [1.29, 1.82) is 0 Å². The molecule has 5 N–H and O–H groups in total. The van der Waals surface area contributed by atoms with E-state index in [0.29, 0.717) is 16.8 Å². The van der Waals surface area contributed by atoms with Crippen molar-refractivity contribution in [3.63, 3.8) is 0 Å². The van der Waals surface area contributed by atoms with Gasteiger partial charge in [-0.1, -0.05) is 0 Å². The van der Waals surface area contributed by atoms with Crippen LogP contribution in [0.1, 0.15) is 13.8 Å². The van der Waals surface area contributed by atoms with E-state index in [9.17, 15) is 0 Å². The lowest BCUT2D eigenvalue weighted by Gasteiger charge is -2.07. The van der Waals surface area contributed by atoms with Gasteiger partial charge in [-0.3, -0.25) is 0 Å². The number of hydrogen-bond acceptors (Lipinski definition) is 2. The topological polar surface area (TPSA) is 74.5 Å². The van der Waals surface area contributed by atoms with Gasteiger partial charge >= 0.3 is 0 Å². The number of thiocarbonyl (C=S) groups is 2. The molecule has 7 heteroatoms. The Balaban J connectivity index is 3.99. The van der Waals surface area contributed by atoms with Crippen molar-refractivity contribution >= 4 is 40.6 Å². The quantitative estimate of drug-likeness (QED) is 0.298. The molecule has 0 fully saturated rings. The number of nitrogens with zero attached hydrogens (tertiary/aromatic N) is 1. The smallest absolute Gasteiger partial charge is 0.202 e. The Morgan fingerprint density at radius 1 is 1.21 bits per heavy atom. The molecule has 0 aromatic rings. The molecule has 0 saturated heterocycles. The van der Waals surface area contributed by atoms with Gasteiger partial charge in [0.2, 0.25) is 5.96 Å². The lowest BCUT2D eigenvalue weighted by molar-refractivity contribution is 0.951. The number of rotatable bonds is 2. The highest BCUT2D eigenvalue weighted by Gasteiger charge is 1.97. The fourth-order valence-corrected chi connectivity index (χ4v) is 1.14. The third-order valence-electron chi connectivity index (χ3n) is 1.13. The van der Waals surface area contributed by atoms with Crippen molar-refractivity contribution in [3.8, 4) is 0 Å².